The van der Waals surface area contributed by atoms with Crippen molar-refractivity contribution in [2.45, 2.75) is 44.6 Å². The van der Waals surface area contributed by atoms with Crippen LogP contribution in [0.25, 0.3) is 0 Å². The minimum absolute atomic E-state index is 0.313. The van der Waals surface area contributed by atoms with Gasteiger partial charge in [0.15, 0.2) is 0 Å². The zero-order valence-electron chi connectivity index (χ0n) is 12.6. The molecule has 20 heavy (non-hydrogen) atoms. The number of alkyl halides is 1. The van der Waals surface area contributed by atoms with Gasteiger partial charge in [-0.05, 0) is 6.04 Å². The molecule has 0 saturated carbocycles. The van der Waals surface area contributed by atoms with Crippen LogP contribution >= 0.6 is 0 Å². The Balaban J connectivity index is 1.86. The second kappa shape index (κ2) is 6.24. The number of aromatic nitrogens is 2. The normalized spacial score (nSPS) is 23.6. The Morgan fingerprint density at radius 3 is 2.80 bits per heavy atom. The molecule has 0 amide bonds. The van der Waals surface area contributed by atoms with E-state index in [4.69, 9.17) is 10.5 Å². The fourth-order valence-corrected chi connectivity index (χ4v) is 2.94. The van der Waals surface area contributed by atoms with E-state index < -0.39 is 20.3 Å². The van der Waals surface area contributed by atoms with Crippen molar-refractivity contribution in [3.63, 3.8) is 0 Å². The van der Waals surface area contributed by atoms with Gasteiger partial charge in [0.05, 0.1) is 12.6 Å². The Morgan fingerprint density at radius 1 is 1.45 bits per heavy atom. The predicted molar refractivity (Wildman–Crippen MR) is 81.4 cm³/mol. The Labute approximate surface area is 120 Å². The van der Waals surface area contributed by atoms with Gasteiger partial charge in [0, 0.05) is 33.6 Å². The molecule has 1 aromatic rings. The van der Waals surface area contributed by atoms with Gasteiger partial charge in [0.2, 0.25) is 5.95 Å². The third kappa shape index (κ3) is 4.03. The quantitative estimate of drug-likeness (QED) is 0.641. The van der Waals surface area contributed by atoms with Crippen LogP contribution in [-0.4, -0.2) is 49.5 Å². The van der Waals surface area contributed by atoms with Gasteiger partial charge in [-0.3, -0.25) is 4.57 Å². The van der Waals surface area contributed by atoms with Gasteiger partial charge in [-0.25, -0.2) is 9.37 Å². The number of ether oxygens (including phenoxy) is 1. The van der Waals surface area contributed by atoms with E-state index in [-0.39, 0.29) is 0 Å². The number of nitrogens with two attached hydrogens (primary N) is 1. The summed E-state index contributed by atoms with van der Waals surface area (Å²) >= 11 is 0. The molecule has 0 unspecified atom stereocenters. The molecule has 1 aliphatic rings. The molecule has 0 spiro atoms. The van der Waals surface area contributed by atoms with E-state index in [1.54, 1.807) is 6.20 Å². The number of hydrogen-bond donors (Lipinski definition) is 1. The Morgan fingerprint density at radius 2 is 2.20 bits per heavy atom. The summed E-state index contributed by atoms with van der Waals surface area (Å²) in [7, 11) is -1.06. The Hall–Kier alpha value is -0.923. The number of anilines is 1. The summed E-state index contributed by atoms with van der Waals surface area (Å²) in [6.45, 7) is 9.02. The summed E-state index contributed by atoms with van der Waals surface area (Å²) in [6.07, 6.45) is 2.60. The van der Waals surface area contributed by atoms with Crippen molar-refractivity contribution in [2.75, 3.05) is 24.6 Å². The molecule has 0 radical (unpaired) electrons. The molecule has 0 aliphatic carbocycles. The molecule has 7 heteroatoms. The van der Waals surface area contributed by atoms with Crippen LogP contribution in [0.3, 0.4) is 0 Å². The molecule has 0 aromatic carbocycles. The van der Waals surface area contributed by atoms with Crippen LogP contribution in [0.4, 0.5) is 10.3 Å². The molecule has 1 aliphatic heterocycles. The van der Waals surface area contributed by atoms with Gasteiger partial charge in [0.25, 0.3) is 0 Å². The lowest BCUT2D eigenvalue weighted by Gasteiger charge is -2.19. The highest BCUT2D eigenvalue weighted by Gasteiger charge is 2.32. The number of rotatable bonds is 6. The lowest BCUT2D eigenvalue weighted by Crippen LogP contribution is -2.31. The van der Waals surface area contributed by atoms with Crippen LogP contribution in [0.1, 0.15) is 0 Å². The first-order valence-corrected chi connectivity index (χ1v) is 10.8. The lowest BCUT2D eigenvalue weighted by atomic mass is 10.3. The van der Waals surface area contributed by atoms with Gasteiger partial charge >= 0.3 is 0 Å². The van der Waals surface area contributed by atoms with Gasteiger partial charge in [-0.2, -0.15) is 0 Å². The highest BCUT2D eigenvalue weighted by molar-refractivity contribution is 6.76. The summed E-state index contributed by atoms with van der Waals surface area (Å²) in [5.74, 6) is 0.744. The van der Waals surface area contributed by atoms with Crippen molar-refractivity contribution in [1.29, 1.82) is 0 Å². The van der Waals surface area contributed by atoms with Gasteiger partial charge in [-0.15, -0.1) is 0 Å². The first-order chi connectivity index (χ1) is 9.37. The molecule has 0 bridgehead atoms. The first kappa shape index (κ1) is 15.5. The highest BCUT2D eigenvalue weighted by Crippen LogP contribution is 2.20. The lowest BCUT2D eigenvalue weighted by molar-refractivity contribution is 0.0879. The van der Waals surface area contributed by atoms with Crippen LogP contribution in [-0.2, 0) is 11.5 Å². The van der Waals surface area contributed by atoms with Crippen LogP contribution in [0.2, 0.25) is 25.7 Å². The Kier molecular flexibility index (Phi) is 4.82. The van der Waals surface area contributed by atoms with Crippen LogP contribution in [0, 0.1) is 0 Å². The molecule has 2 atom stereocenters. The second-order valence-corrected chi connectivity index (χ2v) is 12.3. The molecule has 1 fully saturated rings. The number of imidazole rings is 1. The average Bonchev–Trinajstić information content (AvgIpc) is 2.91. The molecule has 2 rings (SSSR count). The van der Waals surface area contributed by atoms with Crippen LogP contribution in [0.15, 0.2) is 12.4 Å². The van der Waals surface area contributed by atoms with Crippen molar-refractivity contribution in [3.05, 3.63) is 12.4 Å². The molecule has 1 saturated heterocycles. The van der Waals surface area contributed by atoms with E-state index in [0.29, 0.717) is 19.8 Å². The van der Waals surface area contributed by atoms with Gasteiger partial charge in [-0.1, -0.05) is 19.6 Å². The first-order valence-electron chi connectivity index (χ1n) is 7.10. The van der Waals surface area contributed by atoms with E-state index in [1.807, 2.05) is 15.7 Å². The van der Waals surface area contributed by atoms with E-state index in [0.717, 1.165) is 18.6 Å². The van der Waals surface area contributed by atoms with Crippen molar-refractivity contribution in [2.24, 2.45) is 5.73 Å². The van der Waals surface area contributed by atoms with Gasteiger partial charge in [0.1, 0.15) is 12.9 Å². The fourth-order valence-electron chi connectivity index (χ4n) is 2.18. The van der Waals surface area contributed by atoms with E-state index in [2.05, 4.69) is 24.6 Å². The molecular formula is C13H25FN4OSi. The highest BCUT2D eigenvalue weighted by atomic mass is 28.3. The van der Waals surface area contributed by atoms with Crippen molar-refractivity contribution >= 4 is 14.0 Å². The van der Waals surface area contributed by atoms with Crippen LogP contribution < -0.4 is 10.6 Å². The molecule has 2 N–H and O–H groups in total. The van der Waals surface area contributed by atoms with Gasteiger partial charge < -0.3 is 15.4 Å². The Bertz CT molecular complexity index is 424. The monoisotopic (exact) mass is 300 g/mol. The molecular weight excluding hydrogens is 275 g/mol. The summed E-state index contributed by atoms with van der Waals surface area (Å²) in [5, 5.41) is 0. The van der Waals surface area contributed by atoms with Crippen molar-refractivity contribution in [1.82, 2.24) is 9.55 Å². The largest absolute Gasteiger partial charge is 0.361 e. The van der Waals surface area contributed by atoms with E-state index in [1.165, 1.54) is 0 Å². The fraction of sp³-hybridized carbons (Fsp3) is 0.769. The minimum atomic E-state index is -1.06. The maximum atomic E-state index is 13.5. The molecule has 114 valence electrons. The third-order valence-corrected chi connectivity index (χ3v) is 5.20. The molecule has 5 nitrogen and oxygen atoms in total. The molecule has 1 aromatic heterocycles. The maximum Gasteiger partial charge on any atom is 0.207 e. The minimum Gasteiger partial charge on any atom is -0.361 e. The average molecular weight is 300 g/mol. The van der Waals surface area contributed by atoms with Crippen molar-refractivity contribution in [3.8, 4) is 0 Å². The third-order valence-electron chi connectivity index (χ3n) is 3.49. The summed E-state index contributed by atoms with van der Waals surface area (Å²) in [6, 6.07) is 0.714. The summed E-state index contributed by atoms with van der Waals surface area (Å²) in [4.78, 5) is 6.18. The SMILES string of the molecule is C[Si](C)(C)CCOCn1ccnc1N1C[C@H](N)[C@@H](F)C1. The summed E-state index contributed by atoms with van der Waals surface area (Å²) < 4.78 is 21.1. The number of hydrogen-bond acceptors (Lipinski definition) is 4. The standard InChI is InChI=1S/C13H25FN4OSi/c1-20(2,3)7-6-19-10-17-5-4-16-13(17)18-8-11(14)12(15)9-18/h4-5,11-12H,6-10,15H2,1-3H3/t11-,12-/m0/s1. The topological polar surface area (TPSA) is 56.3 Å². The summed E-state index contributed by atoms with van der Waals surface area (Å²) in [5.41, 5.74) is 5.71. The molecule has 2 heterocycles. The zero-order chi connectivity index (χ0) is 14.8. The second-order valence-electron chi connectivity index (χ2n) is 6.63. The number of halogens is 1. The van der Waals surface area contributed by atoms with Crippen LogP contribution in [0.5, 0.6) is 0 Å². The predicted octanol–water partition coefficient (Wildman–Crippen LogP) is 1.68. The zero-order valence-corrected chi connectivity index (χ0v) is 13.6. The van der Waals surface area contributed by atoms with Crippen molar-refractivity contribution < 1.29 is 9.13 Å². The van der Waals surface area contributed by atoms with E-state index >= 15 is 0 Å². The smallest absolute Gasteiger partial charge is 0.207 e. The van der Waals surface area contributed by atoms with E-state index in [9.17, 15) is 4.39 Å². The maximum absolute atomic E-state index is 13.5. The number of nitrogens with zero attached hydrogens (tertiary/aromatic N) is 3.